The van der Waals surface area contributed by atoms with Crippen LogP contribution in [0.5, 0.6) is 0 Å². The molecule has 0 bridgehead atoms. The van der Waals surface area contributed by atoms with Gasteiger partial charge in [-0.2, -0.15) is 0 Å². The largest absolute Gasteiger partial charge is 0.337 e. The van der Waals surface area contributed by atoms with Gasteiger partial charge in [0.2, 0.25) is 0 Å². The van der Waals surface area contributed by atoms with E-state index in [1.165, 1.54) is 11.3 Å². The average Bonchev–Trinajstić information content (AvgIpc) is 2.84. The Hall–Kier alpha value is -1.40. The van der Waals surface area contributed by atoms with Gasteiger partial charge in [-0.1, -0.05) is 11.3 Å². The molecule has 0 radical (unpaired) electrons. The van der Waals surface area contributed by atoms with Crippen molar-refractivity contribution in [2.75, 3.05) is 0 Å². The van der Waals surface area contributed by atoms with Gasteiger partial charge in [0, 0.05) is 37.1 Å². The molecule has 0 spiro atoms. The van der Waals surface area contributed by atoms with Crippen molar-refractivity contribution in [2.45, 2.75) is 19.5 Å². The second kappa shape index (κ2) is 4.63. The number of imidazole rings is 1. The first kappa shape index (κ1) is 11.1. The highest BCUT2D eigenvalue weighted by Crippen LogP contribution is 2.09. The molecule has 0 aliphatic rings. The van der Waals surface area contributed by atoms with Gasteiger partial charge in [0.1, 0.15) is 5.82 Å². The molecule has 2 heterocycles. The predicted molar refractivity (Wildman–Crippen MR) is 63.4 cm³/mol. The summed E-state index contributed by atoms with van der Waals surface area (Å²) in [4.78, 5) is 18.0. The highest BCUT2D eigenvalue weighted by Gasteiger charge is 2.09. The number of hydrogen-bond acceptors (Lipinski definition) is 4. The number of nitrogens with zero attached hydrogens (tertiary/aromatic N) is 2. The molecule has 0 fully saturated rings. The Morgan fingerprint density at radius 3 is 3.06 bits per heavy atom. The molecule has 2 aromatic rings. The molecule has 0 saturated heterocycles. The average molecular weight is 238 g/mol. The van der Waals surface area contributed by atoms with Crippen LogP contribution in [-0.4, -0.2) is 14.5 Å². The molecule has 0 saturated carbocycles. The van der Waals surface area contributed by atoms with Gasteiger partial charge in [0.05, 0.1) is 6.04 Å². The summed E-state index contributed by atoms with van der Waals surface area (Å²) in [7, 11) is 1.97. The first-order valence-corrected chi connectivity index (χ1v) is 5.92. The third-order valence-corrected chi connectivity index (χ3v) is 3.13. The summed E-state index contributed by atoms with van der Waals surface area (Å²) in [5, 5.41) is 5.14. The number of rotatable bonds is 4. The molecule has 0 aliphatic carbocycles. The van der Waals surface area contributed by atoms with Gasteiger partial charge in [-0.3, -0.25) is 4.79 Å². The van der Waals surface area contributed by atoms with Gasteiger partial charge >= 0.3 is 4.87 Å². The van der Waals surface area contributed by atoms with Crippen LogP contribution in [0.3, 0.4) is 0 Å². The number of H-pyrrole nitrogens is 1. The van der Waals surface area contributed by atoms with E-state index in [4.69, 9.17) is 0 Å². The van der Waals surface area contributed by atoms with E-state index in [0.717, 1.165) is 11.5 Å². The van der Waals surface area contributed by atoms with Crippen LogP contribution in [0.2, 0.25) is 0 Å². The molecule has 6 heteroatoms. The minimum atomic E-state index is -0.0126. The molecule has 1 unspecified atom stereocenters. The van der Waals surface area contributed by atoms with Crippen LogP contribution in [0.25, 0.3) is 0 Å². The van der Waals surface area contributed by atoms with Crippen LogP contribution in [0, 0.1) is 0 Å². The Morgan fingerprint density at radius 2 is 2.50 bits per heavy atom. The van der Waals surface area contributed by atoms with E-state index in [2.05, 4.69) is 15.3 Å². The fourth-order valence-corrected chi connectivity index (χ4v) is 2.13. The lowest BCUT2D eigenvalue weighted by Crippen LogP contribution is -2.21. The molecule has 0 aliphatic heterocycles. The lowest BCUT2D eigenvalue weighted by Gasteiger charge is -2.12. The van der Waals surface area contributed by atoms with Crippen LogP contribution in [-0.2, 0) is 13.6 Å². The minimum Gasteiger partial charge on any atom is -0.337 e. The van der Waals surface area contributed by atoms with E-state index in [1.54, 1.807) is 6.20 Å². The molecule has 2 rings (SSSR count). The smallest absolute Gasteiger partial charge is 0.304 e. The molecule has 2 aromatic heterocycles. The number of hydrogen-bond donors (Lipinski definition) is 2. The summed E-state index contributed by atoms with van der Waals surface area (Å²) in [6.07, 6.45) is 3.69. The lowest BCUT2D eigenvalue weighted by atomic mass is 10.3. The van der Waals surface area contributed by atoms with Gasteiger partial charge in [0.15, 0.2) is 0 Å². The Bertz CT molecular complexity index is 513. The maximum absolute atomic E-state index is 10.9. The van der Waals surface area contributed by atoms with Crippen molar-refractivity contribution >= 4 is 11.3 Å². The number of aromatic nitrogens is 3. The van der Waals surface area contributed by atoms with Crippen LogP contribution in [0.15, 0.2) is 22.6 Å². The first-order valence-electron chi connectivity index (χ1n) is 5.04. The highest BCUT2D eigenvalue weighted by atomic mass is 32.1. The summed E-state index contributed by atoms with van der Waals surface area (Å²) in [5.74, 6) is 0.984. The third-order valence-electron chi connectivity index (χ3n) is 2.42. The van der Waals surface area contributed by atoms with E-state index in [1.807, 2.05) is 30.1 Å². The fourth-order valence-electron chi connectivity index (χ4n) is 1.55. The molecule has 86 valence electrons. The summed E-state index contributed by atoms with van der Waals surface area (Å²) in [6, 6.07) is 0.156. The summed E-state index contributed by atoms with van der Waals surface area (Å²) >= 11 is 1.18. The second-order valence-corrected chi connectivity index (χ2v) is 4.51. The topological polar surface area (TPSA) is 62.7 Å². The highest BCUT2D eigenvalue weighted by molar-refractivity contribution is 7.07. The Kier molecular flexibility index (Phi) is 3.21. The standard InChI is InChI=1S/C10H14N4OS/c1-7(9-11-3-4-14(9)2)12-5-8-6-16-10(15)13-8/h3-4,6-7,12H,5H2,1-2H3,(H,13,15). The maximum atomic E-state index is 10.9. The van der Waals surface area contributed by atoms with Crippen molar-refractivity contribution in [1.29, 1.82) is 0 Å². The minimum absolute atomic E-state index is 0.0126. The number of aryl methyl sites for hydroxylation is 1. The van der Waals surface area contributed by atoms with Crippen molar-refractivity contribution in [3.05, 3.63) is 39.0 Å². The second-order valence-electron chi connectivity index (χ2n) is 3.67. The molecule has 1 atom stereocenters. The van der Waals surface area contributed by atoms with Crippen molar-refractivity contribution in [2.24, 2.45) is 7.05 Å². The molecule has 0 amide bonds. The predicted octanol–water partition coefficient (Wildman–Crippen LogP) is 1.02. The third kappa shape index (κ3) is 2.40. The van der Waals surface area contributed by atoms with Gasteiger partial charge < -0.3 is 14.9 Å². The molecule has 5 nitrogen and oxygen atoms in total. The van der Waals surface area contributed by atoms with E-state index < -0.39 is 0 Å². The zero-order chi connectivity index (χ0) is 11.5. The first-order chi connectivity index (χ1) is 7.66. The van der Waals surface area contributed by atoms with Gasteiger partial charge in [0.25, 0.3) is 0 Å². The Labute approximate surface area is 97.2 Å². The summed E-state index contributed by atoms with van der Waals surface area (Å²) in [5.41, 5.74) is 0.913. The zero-order valence-corrected chi connectivity index (χ0v) is 10.0. The monoisotopic (exact) mass is 238 g/mol. The summed E-state index contributed by atoms with van der Waals surface area (Å²) in [6.45, 7) is 2.69. The van der Waals surface area contributed by atoms with Crippen molar-refractivity contribution in [3.8, 4) is 0 Å². The Morgan fingerprint density at radius 1 is 1.69 bits per heavy atom. The molecule has 16 heavy (non-hydrogen) atoms. The normalized spacial score (nSPS) is 12.9. The molecule has 2 N–H and O–H groups in total. The lowest BCUT2D eigenvalue weighted by molar-refractivity contribution is 0.526. The molecule has 0 aromatic carbocycles. The SMILES string of the molecule is CC(NCc1csc(=O)[nH]1)c1nccn1C. The van der Waals surface area contributed by atoms with Crippen molar-refractivity contribution in [3.63, 3.8) is 0 Å². The van der Waals surface area contributed by atoms with Crippen LogP contribution in [0.1, 0.15) is 24.5 Å². The van der Waals surface area contributed by atoms with E-state index in [9.17, 15) is 4.79 Å². The number of nitrogens with one attached hydrogen (secondary N) is 2. The van der Waals surface area contributed by atoms with Gasteiger partial charge in [-0.25, -0.2) is 4.98 Å². The Balaban J connectivity index is 1.96. The van der Waals surface area contributed by atoms with E-state index in [0.29, 0.717) is 6.54 Å². The van der Waals surface area contributed by atoms with Crippen LogP contribution in [0.4, 0.5) is 0 Å². The van der Waals surface area contributed by atoms with E-state index >= 15 is 0 Å². The van der Waals surface area contributed by atoms with Crippen molar-refractivity contribution in [1.82, 2.24) is 19.9 Å². The van der Waals surface area contributed by atoms with Crippen LogP contribution < -0.4 is 10.2 Å². The zero-order valence-electron chi connectivity index (χ0n) is 9.23. The van der Waals surface area contributed by atoms with Crippen molar-refractivity contribution < 1.29 is 0 Å². The summed E-state index contributed by atoms with van der Waals surface area (Å²) < 4.78 is 1.98. The molecular weight excluding hydrogens is 224 g/mol. The van der Waals surface area contributed by atoms with Gasteiger partial charge in [-0.05, 0) is 6.92 Å². The molecular formula is C10H14N4OS. The fraction of sp³-hybridized carbons (Fsp3) is 0.400. The van der Waals surface area contributed by atoms with Gasteiger partial charge in [-0.15, -0.1) is 0 Å². The number of aromatic amines is 1. The van der Waals surface area contributed by atoms with Crippen LogP contribution >= 0.6 is 11.3 Å². The maximum Gasteiger partial charge on any atom is 0.304 e. The quantitative estimate of drug-likeness (QED) is 0.836. The number of thiazole rings is 1. The van der Waals surface area contributed by atoms with E-state index in [-0.39, 0.29) is 10.9 Å².